The van der Waals surface area contributed by atoms with Crippen LogP contribution in [0.25, 0.3) is 0 Å². The molecule has 3 aliphatic rings. The SMILES string of the molecule is COc1ccc(C23OC(=O)c4cccc(c42)C2(c4ccc(OC)cc4)OC(=O)c4cccc3c42)cc1. The Balaban J connectivity index is 1.63. The quantitative estimate of drug-likeness (QED) is 0.389. The van der Waals surface area contributed by atoms with Gasteiger partial charge in [0.1, 0.15) is 11.5 Å². The van der Waals surface area contributed by atoms with E-state index in [9.17, 15) is 9.59 Å². The number of esters is 2. The maximum atomic E-state index is 13.4. The van der Waals surface area contributed by atoms with Crippen molar-refractivity contribution in [2.75, 3.05) is 14.2 Å². The standard InChI is InChI=1S/C30H20O6/c1-33-19-13-9-17(10-14-19)29-23-7-3-6-22-26(23)30(36-28(22)32,18-11-15-20(34-2)16-12-18)24-8-4-5-21(25(24)29)27(31)35-29/h3-16H,1-2H3. The van der Waals surface area contributed by atoms with Crippen molar-refractivity contribution in [3.63, 3.8) is 0 Å². The molecule has 6 heteroatoms. The third-order valence-electron chi connectivity index (χ3n) is 7.52. The summed E-state index contributed by atoms with van der Waals surface area (Å²) in [6, 6.07) is 25.9. The van der Waals surface area contributed by atoms with Gasteiger partial charge in [-0.25, -0.2) is 9.59 Å². The summed E-state index contributed by atoms with van der Waals surface area (Å²) in [5.74, 6) is 0.536. The Morgan fingerprint density at radius 3 is 1.31 bits per heavy atom. The lowest BCUT2D eigenvalue weighted by molar-refractivity contribution is 0.0106. The van der Waals surface area contributed by atoms with Crippen molar-refractivity contribution in [3.05, 3.63) is 129 Å². The molecule has 176 valence electrons. The Bertz CT molecular complexity index is 1470. The predicted molar refractivity (Wildman–Crippen MR) is 129 cm³/mol. The van der Waals surface area contributed by atoms with Gasteiger partial charge in [-0.05, 0) is 36.4 Å². The predicted octanol–water partition coefficient (Wildman–Crippen LogP) is 4.94. The van der Waals surface area contributed by atoms with E-state index in [2.05, 4.69) is 0 Å². The van der Waals surface area contributed by atoms with Crippen molar-refractivity contribution in [2.45, 2.75) is 11.2 Å². The highest BCUT2D eigenvalue weighted by molar-refractivity contribution is 6.02. The molecular weight excluding hydrogens is 456 g/mol. The molecule has 0 fully saturated rings. The van der Waals surface area contributed by atoms with E-state index >= 15 is 0 Å². The van der Waals surface area contributed by atoms with Crippen LogP contribution in [0.4, 0.5) is 0 Å². The van der Waals surface area contributed by atoms with Crippen LogP contribution in [0.15, 0.2) is 84.9 Å². The van der Waals surface area contributed by atoms with E-state index in [1.807, 2.05) is 72.8 Å². The Morgan fingerprint density at radius 2 is 0.944 bits per heavy atom. The summed E-state index contributed by atoms with van der Waals surface area (Å²) in [4.78, 5) is 26.7. The number of hydrogen-bond acceptors (Lipinski definition) is 6. The molecule has 6 nitrogen and oxygen atoms in total. The second-order valence-corrected chi connectivity index (χ2v) is 9.05. The van der Waals surface area contributed by atoms with Gasteiger partial charge in [0.05, 0.1) is 25.3 Å². The number of fused-ring (bicyclic) bond motifs is 2. The van der Waals surface area contributed by atoms with Crippen molar-refractivity contribution in [1.29, 1.82) is 0 Å². The van der Waals surface area contributed by atoms with Gasteiger partial charge in [0.2, 0.25) is 0 Å². The van der Waals surface area contributed by atoms with Gasteiger partial charge in [-0.3, -0.25) is 0 Å². The number of benzene rings is 4. The first-order chi connectivity index (χ1) is 17.5. The van der Waals surface area contributed by atoms with Crippen LogP contribution in [0.1, 0.15) is 54.1 Å². The lowest BCUT2D eigenvalue weighted by Gasteiger charge is -2.43. The van der Waals surface area contributed by atoms with Crippen molar-refractivity contribution in [3.8, 4) is 11.5 Å². The molecule has 0 bridgehead atoms. The minimum Gasteiger partial charge on any atom is -0.497 e. The Kier molecular flexibility index (Phi) is 4.03. The molecule has 36 heavy (non-hydrogen) atoms. The second kappa shape index (κ2) is 6.98. The Labute approximate surface area is 207 Å². The smallest absolute Gasteiger partial charge is 0.340 e. The van der Waals surface area contributed by atoms with Crippen LogP contribution in [0, 0.1) is 0 Å². The molecule has 0 radical (unpaired) electrons. The van der Waals surface area contributed by atoms with E-state index in [1.54, 1.807) is 26.4 Å². The van der Waals surface area contributed by atoms with E-state index in [1.165, 1.54) is 0 Å². The highest BCUT2D eigenvalue weighted by Crippen LogP contribution is 2.62. The fraction of sp³-hybridized carbons (Fsp3) is 0.133. The van der Waals surface area contributed by atoms with Crippen LogP contribution in [-0.2, 0) is 20.7 Å². The molecule has 1 aliphatic carbocycles. The number of ether oxygens (including phenoxy) is 4. The number of methoxy groups -OCH3 is 2. The van der Waals surface area contributed by atoms with E-state index in [0.717, 1.165) is 11.1 Å². The summed E-state index contributed by atoms with van der Waals surface area (Å²) in [6.07, 6.45) is 0. The van der Waals surface area contributed by atoms with Crippen LogP contribution >= 0.6 is 0 Å². The number of rotatable bonds is 4. The van der Waals surface area contributed by atoms with Gasteiger partial charge in [0.15, 0.2) is 11.2 Å². The van der Waals surface area contributed by atoms with Crippen molar-refractivity contribution < 1.29 is 28.5 Å². The molecule has 0 spiro atoms. The van der Waals surface area contributed by atoms with Gasteiger partial charge < -0.3 is 18.9 Å². The number of carbonyl (C=O) groups is 2. The monoisotopic (exact) mass is 476 g/mol. The second-order valence-electron chi connectivity index (χ2n) is 9.05. The fourth-order valence-electron chi connectivity index (χ4n) is 6.03. The molecule has 2 heterocycles. The lowest BCUT2D eigenvalue weighted by Crippen LogP contribution is -2.43. The Morgan fingerprint density at radius 1 is 0.556 bits per heavy atom. The van der Waals surface area contributed by atoms with Crippen LogP contribution in [-0.4, -0.2) is 26.2 Å². The molecule has 2 aliphatic heterocycles. The van der Waals surface area contributed by atoms with E-state index in [4.69, 9.17) is 18.9 Å². The summed E-state index contributed by atoms with van der Waals surface area (Å²) >= 11 is 0. The third kappa shape index (κ3) is 2.31. The van der Waals surface area contributed by atoms with E-state index in [-0.39, 0.29) is 0 Å². The highest BCUT2D eigenvalue weighted by Gasteiger charge is 2.63. The average molecular weight is 476 g/mol. The van der Waals surface area contributed by atoms with Gasteiger partial charge in [-0.1, -0.05) is 48.5 Å². The van der Waals surface area contributed by atoms with Crippen molar-refractivity contribution in [2.24, 2.45) is 0 Å². The molecular formula is C30H20O6. The van der Waals surface area contributed by atoms with Crippen LogP contribution < -0.4 is 9.47 Å². The topological polar surface area (TPSA) is 71.1 Å². The molecule has 7 rings (SSSR count). The van der Waals surface area contributed by atoms with Crippen LogP contribution in [0.3, 0.4) is 0 Å². The Hall–Kier alpha value is -4.58. The average Bonchev–Trinajstić information content (AvgIpc) is 3.41. The van der Waals surface area contributed by atoms with Gasteiger partial charge >= 0.3 is 11.9 Å². The molecule has 2 atom stereocenters. The van der Waals surface area contributed by atoms with E-state index in [0.29, 0.717) is 44.9 Å². The van der Waals surface area contributed by atoms with Crippen LogP contribution in [0.2, 0.25) is 0 Å². The molecule has 4 aromatic carbocycles. The summed E-state index contributed by atoms with van der Waals surface area (Å²) in [7, 11) is 3.21. The first-order valence-corrected chi connectivity index (χ1v) is 11.6. The highest BCUT2D eigenvalue weighted by atomic mass is 16.6. The molecule has 0 amide bonds. The minimum atomic E-state index is -1.23. The van der Waals surface area contributed by atoms with Gasteiger partial charge in [0, 0.05) is 33.4 Å². The van der Waals surface area contributed by atoms with Crippen molar-refractivity contribution >= 4 is 11.9 Å². The first-order valence-electron chi connectivity index (χ1n) is 11.6. The molecule has 0 saturated carbocycles. The summed E-state index contributed by atoms with van der Waals surface area (Å²) in [5.41, 5.74) is 2.76. The maximum Gasteiger partial charge on any atom is 0.340 e. The molecule has 2 unspecified atom stereocenters. The summed E-state index contributed by atoms with van der Waals surface area (Å²) in [5, 5.41) is 0. The largest absolute Gasteiger partial charge is 0.497 e. The molecule has 4 aromatic rings. The van der Waals surface area contributed by atoms with Gasteiger partial charge in [-0.15, -0.1) is 0 Å². The zero-order chi connectivity index (χ0) is 24.7. The number of carbonyl (C=O) groups excluding carboxylic acids is 2. The molecule has 0 aromatic heterocycles. The van der Waals surface area contributed by atoms with Crippen molar-refractivity contribution in [1.82, 2.24) is 0 Å². The first kappa shape index (κ1) is 20.8. The fourth-order valence-corrected chi connectivity index (χ4v) is 6.03. The summed E-state index contributed by atoms with van der Waals surface area (Å²) in [6.45, 7) is 0. The zero-order valence-corrected chi connectivity index (χ0v) is 19.5. The number of hydrogen-bond donors (Lipinski definition) is 0. The molecule has 0 saturated heterocycles. The maximum absolute atomic E-state index is 13.4. The van der Waals surface area contributed by atoms with Crippen LogP contribution in [0.5, 0.6) is 11.5 Å². The normalized spacial score (nSPS) is 22.4. The lowest BCUT2D eigenvalue weighted by atomic mass is 9.63. The summed E-state index contributed by atoms with van der Waals surface area (Å²) < 4.78 is 23.3. The van der Waals surface area contributed by atoms with E-state index < -0.39 is 23.1 Å². The zero-order valence-electron chi connectivity index (χ0n) is 19.5. The minimum absolute atomic E-state index is 0.420. The van der Waals surface area contributed by atoms with Gasteiger partial charge in [-0.2, -0.15) is 0 Å². The van der Waals surface area contributed by atoms with Gasteiger partial charge in [0.25, 0.3) is 0 Å². The molecule has 0 N–H and O–H groups in total. The third-order valence-corrected chi connectivity index (χ3v) is 7.52.